The lowest BCUT2D eigenvalue weighted by molar-refractivity contribution is -0.276. The summed E-state index contributed by atoms with van der Waals surface area (Å²) in [6.45, 7) is 3.83. The quantitative estimate of drug-likeness (QED) is 0.565. The molecule has 0 aliphatic carbocycles. The van der Waals surface area contributed by atoms with Crippen LogP contribution in [0.25, 0.3) is 0 Å². The first kappa shape index (κ1) is 7.53. The highest BCUT2D eigenvalue weighted by Gasteiger charge is 2.40. The van der Waals surface area contributed by atoms with Gasteiger partial charge in [-0.25, -0.2) is 0 Å². The summed E-state index contributed by atoms with van der Waals surface area (Å²) in [7, 11) is 0. The van der Waals surface area contributed by atoms with E-state index in [0.29, 0.717) is 6.04 Å². The maximum atomic E-state index is 5.56. The summed E-state index contributed by atoms with van der Waals surface area (Å²) in [4.78, 5) is 0. The Hall–Kier alpha value is -0.120. The van der Waals surface area contributed by atoms with Crippen LogP contribution in [0.2, 0.25) is 0 Å². The van der Waals surface area contributed by atoms with E-state index in [1.807, 2.05) is 0 Å². The number of ether oxygens (including phenoxy) is 2. The van der Waals surface area contributed by atoms with Crippen LogP contribution in [0.3, 0.4) is 0 Å². The first-order chi connectivity index (χ1) is 5.31. The third-order valence-electron chi connectivity index (χ3n) is 2.33. The molecule has 2 fully saturated rings. The zero-order chi connectivity index (χ0) is 7.73. The van der Waals surface area contributed by atoms with Gasteiger partial charge in [0.2, 0.25) is 5.91 Å². The molecular formula is C8H15NO2. The summed E-state index contributed by atoms with van der Waals surface area (Å²) in [6, 6.07) is 0.535. The van der Waals surface area contributed by atoms with Crippen LogP contribution in [-0.4, -0.2) is 25.2 Å². The van der Waals surface area contributed by atoms with Gasteiger partial charge in [0.05, 0.1) is 13.2 Å². The molecule has 64 valence electrons. The zero-order valence-electron chi connectivity index (χ0n) is 6.93. The van der Waals surface area contributed by atoms with Crippen LogP contribution in [0.1, 0.15) is 26.2 Å². The van der Waals surface area contributed by atoms with Crippen molar-refractivity contribution in [3.8, 4) is 0 Å². The molecule has 2 heterocycles. The predicted octanol–water partition coefficient (Wildman–Crippen LogP) is 0.849. The van der Waals surface area contributed by atoms with Gasteiger partial charge in [0.15, 0.2) is 0 Å². The third kappa shape index (κ3) is 1.41. The van der Waals surface area contributed by atoms with E-state index in [1.54, 1.807) is 0 Å². The zero-order valence-corrected chi connectivity index (χ0v) is 6.93. The smallest absolute Gasteiger partial charge is 0.227 e. The van der Waals surface area contributed by atoms with E-state index in [1.165, 1.54) is 0 Å². The first-order valence-electron chi connectivity index (χ1n) is 4.36. The average molecular weight is 157 g/mol. The molecule has 0 radical (unpaired) electrons. The van der Waals surface area contributed by atoms with Crippen LogP contribution in [0.4, 0.5) is 0 Å². The molecule has 2 aliphatic heterocycles. The van der Waals surface area contributed by atoms with Crippen molar-refractivity contribution in [2.75, 3.05) is 13.2 Å². The van der Waals surface area contributed by atoms with Gasteiger partial charge in [-0.2, -0.15) is 0 Å². The molecule has 0 bridgehead atoms. The molecule has 3 heteroatoms. The molecule has 0 aromatic heterocycles. The summed E-state index contributed by atoms with van der Waals surface area (Å²) < 4.78 is 11.1. The molecule has 1 spiro atoms. The number of nitrogens with one attached hydrogen (secondary N) is 1. The summed E-state index contributed by atoms with van der Waals surface area (Å²) in [6.07, 6.45) is 3.17. The van der Waals surface area contributed by atoms with Gasteiger partial charge in [0, 0.05) is 12.5 Å². The molecule has 2 saturated heterocycles. The molecular weight excluding hydrogens is 142 g/mol. The van der Waals surface area contributed by atoms with Crippen molar-refractivity contribution in [3.05, 3.63) is 0 Å². The van der Waals surface area contributed by atoms with E-state index >= 15 is 0 Å². The summed E-state index contributed by atoms with van der Waals surface area (Å²) in [5.41, 5.74) is 0. The minimum atomic E-state index is -0.405. The Morgan fingerprint density at radius 3 is 2.64 bits per heavy atom. The molecule has 1 atom stereocenters. The van der Waals surface area contributed by atoms with Crippen LogP contribution in [-0.2, 0) is 9.47 Å². The monoisotopic (exact) mass is 157 g/mol. The second-order valence-electron chi connectivity index (χ2n) is 3.39. The Bertz CT molecular complexity index is 138. The van der Waals surface area contributed by atoms with Gasteiger partial charge >= 0.3 is 0 Å². The van der Waals surface area contributed by atoms with Crippen molar-refractivity contribution >= 4 is 0 Å². The molecule has 2 aliphatic rings. The molecule has 0 amide bonds. The lowest BCUT2D eigenvalue weighted by atomic mass is 10.2. The van der Waals surface area contributed by atoms with Gasteiger partial charge in [-0.3, -0.25) is 5.32 Å². The molecule has 1 N–H and O–H groups in total. The second kappa shape index (κ2) is 2.73. The average Bonchev–Trinajstić information content (AvgIpc) is 2.34. The van der Waals surface area contributed by atoms with Crippen LogP contribution < -0.4 is 5.32 Å². The molecule has 0 saturated carbocycles. The second-order valence-corrected chi connectivity index (χ2v) is 3.39. The van der Waals surface area contributed by atoms with Crippen molar-refractivity contribution in [1.29, 1.82) is 0 Å². The van der Waals surface area contributed by atoms with Crippen molar-refractivity contribution < 1.29 is 9.47 Å². The van der Waals surface area contributed by atoms with Crippen molar-refractivity contribution in [1.82, 2.24) is 5.32 Å². The highest BCUT2D eigenvalue weighted by Crippen LogP contribution is 2.28. The van der Waals surface area contributed by atoms with E-state index in [9.17, 15) is 0 Å². The largest absolute Gasteiger partial charge is 0.337 e. The number of hydrogen-bond acceptors (Lipinski definition) is 3. The molecule has 11 heavy (non-hydrogen) atoms. The SMILES string of the molecule is CC1CCC2(N1)OCCCO2. The minimum Gasteiger partial charge on any atom is -0.337 e. The van der Waals surface area contributed by atoms with Crippen molar-refractivity contribution in [2.24, 2.45) is 0 Å². The van der Waals surface area contributed by atoms with Crippen LogP contribution in [0.15, 0.2) is 0 Å². The topological polar surface area (TPSA) is 30.5 Å². The molecule has 2 rings (SSSR count). The van der Waals surface area contributed by atoms with E-state index < -0.39 is 5.91 Å². The first-order valence-corrected chi connectivity index (χ1v) is 4.36. The molecule has 1 unspecified atom stereocenters. The molecule has 0 aromatic rings. The van der Waals surface area contributed by atoms with Crippen molar-refractivity contribution in [3.63, 3.8) is 0 Å². The lowest BCUT2D eigenvalue weighted by Gasteiger charge is -2.33. The fraction of sp³-hybridized carbons (Fsp3) is 1.00. The maximum Gasteiger partial charge on any atom is 0.227 e. The third-order valence-corrected chi connectivity index (χ3v) is 2.33. The summed E-state index contributed by atoms with van der Waals surface area (Å²) in [5.74, 6) is -0.405. The van der Waals surface area contributed by atoms with E-state index in [4.69, 9.17) is 9.47 Å². The van der Waals surface area contributed by atoms with Gasteiger partial charge in [-0.1, -0.05) is 0 Å². The van der Waals surface area contributed by atoms with Gasteiger partial charge < -0.3 is 9.47 Å². The van der Waals surface area contributed by atoms with E-state index in [0.717, 1.165) is 32.5 Å². The van der Waals surface area contributed by atoms with Crippen LogP contribution in [0, 0.1) is 0 Å². The lowest BCUT2D eigenvalue weighted by Crippen LogP contribution is -2.50. The maximum absolute atomic E-state index is 5.56. The fourth-order valence-electron chi connectivity index (χ4n) is 1.73. The van der Waals surface area contributed by atoms with Gasteiger partial charge in [0.25, 0.3) is 0 Å². The fourth-order valence-corrected chi connectivity index (χ4v) is 1.73. The van der Waals surface area contributed by atoms with Gasteiger partial charge in [-0.05, 0) is 19.8 Å². The minimum absolute atomic E-state index is 0.405. The predicted molar refractivity (Wildman–Crippen MR) is 41.1 cm³/mol. The Morgan fingerprint density at radius 1 is 1.36 bits per heavy atom. The van der Waals surface area contributed by atoms with Crippen LogP contribution in [0.5, 0.6) is 0 Å². The highest BCUT2D eigenvalue weighted by atomic mass is 16.7. The Kier molecular flexibility index (Phi) is 1.87. The summed E-state index contributed by atoms with van der Waals surface area (Å²) >= 11 is 0. The van der Waals surface area contributed by atoms with Crippen molar-refractivity contribution in [2.45, 2.75) is 38.1 Å². The highest BCUT2D eigenvalue weighted by molar-refractivity contribution is 4.83. The summed E-state index contributed by atoms with van der Waals surface area (Å²) in [5, 5.41) is 3.32. The normalized spacial score (nSPS) is 36.3. The number of hydrogen-bond donors (Lipinski definition) is 1. The van der Waals surface area contributed by atoms with Crippen LogP contribution >= 0.6 is 0 Å². The van der Waals surface area contributed by atoms with Gasteiger partial charge in [-0.15, -0.1) is 0 Å². The Morgan fingerprint density at radius 2 is 2.09 bits per heavy atom. The van der Waals surface area contributed by atoms with E-state index in [2.05, 4.69) is 12.2 Å². The Balaban J connectivity index is 1.98. The molecule has 0 aromatic carbocycles. The Labute approximate surface area is 67.1 Å². The molecule has 3 nitrogen and oxygen atoms in total. The van der Waals surface area contributed by atoms with Gasteiger partial charge in [0.1, 0.15) is 0 Å². The number of rotatable bonds is 0. The van der Waals surface area contributed by atoms with E-state index in [-0.39, 0.29) is 0 Å². The standard InChI is InChI=1S/C8H15NO2/c1-7-3-4-8(9-7)10-5-2-6-11-8/h7,9H,2-6H2,1H3.